The highest BCUT2D eigenvalue weighted by molar-refractivity contribution is 7.91. The Kier molecular flexibility index (Phi) is 5.15. The average molecular weight is 402 g/mol. The van der Waals surface area contributed by atoms with Gasteiger partial charge in [0.25, 0.3) is 0 Å². The Hall–Kier alpha value is -2.71. The molecule has 1 fully saturated rings. The number of nitrogens with zero attached hydrogens (tertiary/aromatic N) is 1. The van der Waals surface area contributed by atoms with Crippen LogP contribution in [-0.4, -0.2) is 32.7 Å². The zero-order valence-corrected chi connectivity index (χ0v) is 15.8. The highest BCUT2D eigenvalue weighted by Crippen LogP contribution is 2.33. The third kappa shape index (κ3) is 3.65. The summed E-state index contributed by atoms with van der Waals surface area (Å²) in [6, 6.07) is 13.9. The van der Waals surface area contributed by atoms with Gasteiger partial charge in [-0.1, -0.05) is 30.3 Å². The predicted molar refractivity (Wildman–Crippen MR) is 101 cm³/mol. The molecule has 1 atom stereocenters. The van der Waals surface area contributed by atoms with Crippen molar-refractivity contribution < 1.29 is 22.0 Å². The Morgan fingerprint density at radius 1 is 1.11 bits per heavy atom. The van der Waals surface area contributed by atoms with E-state index in [1.807, 2.05) is 0 Å². The number of sulfone groups is 1. The lowest BCUT2D eigenvalue weighted by Gasteiger charge is -2.10. The summed E-state index contributed by atoms with van der Waals surface area (Å²) >= 11 is 0. The molecule has 4 rings (SSSR count). The number of benzene rings is 2. The van der Waals surface area contributed by atoms with Crippen molar-refractivity contribution >= 4 is 15.7 Å². The number of rotatable bonds is 6. The van der Waals surface area contributed by atoms with Crippen LogP contribution in [0, 0.1) is 5.82 Å². The summed E-state index contributed by atoms with van der Waals surface area (Å²) in [5, 5.41) is 2.72. The maximum atomic E-state index is 14.2. The lowest BCUT2D eigenvalue weighted by atomic mass is 10.2. The molecule has 0 radical (unpaired) electrons. The standard InChI is InChI=1S/C20H19FN2O4S/c21-17-11-5-4-10-16(17)18-23-20(28(24,25)15-8-2-1-3-9-15)19(27-18)22-13-14-7-6-12-26-14/h1-5,8-11,14,22H,6-7,12-13H2/t14-/m1/s1. The fourth-order valence-corrected chi connectivity index (χ4v) is 4.37. The van der Waals surface area contributed by atoms with E-state index in [9.17, 15) is 12.8 Å². The van der Waals surface area contributed by atoms with Crippen molar-refractivity contribution in [1.82, 2.24) is 4.98 Å². The molecule has 0 bridgehead atoms. The van der Waals surface area contributed by atoms with Gasteiger partial charge in [-0.2, -0.15) is 4.98 Å². The summed E-state index contributed by atoms with van der Waals surface area (Å²) in [5.74, 6) is -0.655. The first-order valence-electron chi connectivity index (χ1n) is 8.97. The summed E-state index contributed by atoms with van der Waals surface area (Å²) in [4.78, 5) is 4.22. The fourth-order valence-electron chi connectivity index (χ4n) is 3.07. The van der Waals surface area contributed by atoms with Crippen molar-refractivity contribution in [2.45, 2.75) is 28.9 Å². The molecule has 1 N–H and O–H groups in total. The molecule has 0 unspecified atom stereocenters. The van der Waals surface area contributed by atoms with Crippen molar-refractivity contribution in [2.75, 3.05) is 18.5 Å². The Labute approximate surface area is 162 Å². The first kappa shape index (κ1) is 18.6. The average Bonchev–Trinajstić information content (AvgIpc) is 3.37. The Morgan fingerprint density at radius 3 is 2.57 bits per heavy atom. The molecule has 1 aliphatic heterocycles. The van der Waals surface area contributed by atoms with Crippen LogP contribution in [0.15, 0.2) is 68.9 Å². The molecule has 0 saturated carbocycles. The third-order valence-electron chi connectivity index (χ3n) is 4.52. The van der Waals surface area contributed by atoms with E-state index in [-0.39, 0.29) is 33.4 Å². The van der Waals surface area contributed by atoms with E-state index >= 15 is 0 Å². The van der Waals surface area contributed by atoms with Crippen LogP contribution in [0.3, 0.4) is 0 Å². The normalized spacial score (nSPS) is 17.0. The largest absolute Gasteiger partial charge is 0.419 e. The van der Waals surface area contributed by atoms with Gasteiger partial charge < -0.3 is 14.5 Å². The van der Waals surface area contributed by atoms with Gasteiger partial charge in [-0.3, -0.25) is 0 Å². The van der Waals surface area contributed by atoms with E-state index in [4.69, 9.17) is 9.15 Å². The molecule has 2 aromatic carbocycles. The molecule has 3 aromatic rings. The van der Waals surface area contributed by atoms with E-state index in [1.54, 1.807) is 30.3 Å². The van der Waals surface area contributed by atoms with E-state index in [2.05, 4.69) is 10.3 Å². The maximum Gasteiger partial charge on any atom is 0.233 e. The zero-order chi connectivity index (χ0) is 19.6. The minimum Gasteiger partial charge on any atom is -0.419 e. The van der Waals surface area contributed by atoms with Gasteiger partial charge in [0, 0.05) is 13.2 Å². The molecule has 6 nitrogen and oxygen atoms in total. The summed E-state index contributed by atoms with van der Waals surface area (Å²) in [5.41, 5.74) is 0.0946. The van der Waals surface area contributed by atoms with Gasteiger partial charge in [0.05, 0.1) is 16.6 Å². The van der Waals surface area contributed by atoms with Crippen LogP contribution in [-0.2, 0) is 14.6 Å². The molecular formula is C20H19FN2O4S. The van der Waals surface area contributed by atoms with Gasteiger partial charge in [-0.25, -0.2) is 12.8 Å². The van der Waals surface area contributed by atoms with Crippen molar-refractivity contribution in [3.63, 3.8) is 0 Å². The molecule has 146 valence electrons. The summed E-state index contributed by atoms with van der Waals surface area (Å²) in [6.07, 6.45) is 1.80. The molecule has 1 aromatic heterocycles. The molecule has 1 saturated heterocycles. The minimum absolute atomic E-state index is 0.0161. The second-order valence-electron chi connectivity index (χ2n) is 6.47. The van der Waals surface area contributed by atoms with Crippen LogP contribution in [0.2, 0.25) is 0 Å². The number of nitrogens with one attached hydrogen (secondary N) is 1. The quantitative estimate of drug-likeness (QED) is 0.673. The van der Waals surface area contributed by atoms with E-state index in [1.165, 1.54) is 24.3 Å². The lowest BCUT2D eigenvalue weighted by molar-refractivity contribution is 0.120. The number of anilines is 1. The first-order valence-corrected chi connectivity index (χ1v) is 10.5. The Balaban J connectivity index is 1.75. The Morgan fingerprint density at radius 2 is 1.86 bits per heavy atom. The van der Waals surface area contributed by atoms with Crippen LogP contribution in [0.25, 0.3) is 11.5 Å². The van der Waals surface area contributed by atoms with E-state index < -0.39 is 15.7 Å². The molecule has 0 spiro atoms. The maximum absolute atomic E-state index is 14.2. The molecule has 28 heavy (non-hydrogen) atoms. The minimum atomic E-state index is -3.95. The van der Waals surface area contributed by atoms with E-state index in [0.29, 0.717) is 13.2 Å². The predicted octanol–water partition coefficient (Wildman–Crippen LogP) is 3.90. The fraction of sp³-hybridized carbons (Fsp3) is 0.250. The van der Waals surface area contributed by atoms with Crippen molar-refractivity contribution in [1.29, 1.82) is 0 Å². The van der Waals surface area contributed by atoms with Crippen molar-refractivity contribution in [3.8, 4) is 11.5 Å². The number of ether oxygens (including phenoxy) is 1. The number of halogens is 1. The second kappa shape index (κ2) is 7.73. The summed E-state index contributed by atoms with van der Waals surface area (Å²) < 4.78 is 51.6. The van der Waals surface area contributed by atoms with Crippen molar-refractivity contribution in [2.24, 2.45) is 0 Å². The number of hydrogen-bond acceptors (Lipinski definition) is 6. The van der Waals surface area contributed by atoms with Crippen LogP contribution >= 0.6 is 0 Å². The molecule has 0 aliphatic carbocycles. The Bertz CT molecular complexity index is 1060. The van der Waals surface area contributed by atoms with Gasteiger partial charge in [-0.15, -0.1) is 0 Å². The lowest BCUT2D eigenvalue weighted by Crippen LogP contribution is -2.19. The molecular weight excluding hydrogens is 383 g/mol. The van der Waals surface area contributed by atoms with Gasteiger partial charge in [0.15, 0.2) is 0 Å². The molecule has 1 aliphatic rings. The molecule has 2 heterocycles. The first-order chi connectivity index (χ1) is 13.6. The summed E-state index contributed by atoms with van der Waals surface area (Å²) in [6.45, 7) is 1.06. The topological polar surface area (TPSA) is 81.4 Å². The van der Waals surface area contributed by atoms with Gasteiger partial charge in [0.2, 0.25) is 26.6 Å². The SMILES string of the molecule is O=S(=O)(c1ccccc1)c1nc(-c2ccccc2F)oc1NC[C@H]1CCCO1. The van der Waals surface area contributed by atoms with Crippen LogP contribution in [0.5, 0.6) is 0 Å². The van der Waals surface area contributed by atoms with Crippen LogP contribution < -0.4 is 5.32 Å². The summed E-state index contributed by atoms with van der Waals surface area (Å²) in [7, 11) is -3.95. The van der Waals surface area contributed by atoms with Crippen molar-refractivity contribution in [3.05, 3.63) is 60.4 Å². The third-order valence-corrected chi connectivity index (χ3v) is 6.20. The zero-order valence-electron chi connectivity index (χ0n) is 15.0. The monoisotopic (exact) mass is 402 g/mol. The highest BCUT2D eigenvalue weighted by atomic mass is 32.2. The van der Waals surface area contributed by atoms with Crippen LogP contribution in [0.4, 0.5) is 10.3 Å². The molecule has 8 heteroatoms. The highest BCUT2D eigenvalue weighted by Gasteiger charge is 2.29. The number of hydrogen-bond donors (Lipinski definition) is 1. The van der Waals surface area contributed by atoms with Gasteiger partial charge in [-0.05, 0) is 37.1 Å². The number of oxazole rings is 1. The second-order valence-corrected chi connectivity index (χ2v) is 8.33. The molecule has 0 amide bonds. The van der Waals surface area contributed by atoms with Crippen LogP contribution in [0.1, 0.15) is 12.8 Å². The smallest absolute Gasteiger partial charge is 0.233 e. The van der Waals surface area contributed by atoms with Gasteiger partial charge in [0.1, 0.15) is 5.82 Å². The van der Waals surface area contributed by atoms with Gasteiger partial charge >= 0.3 is 0 Å². The number of aromatic nitrogens is 1. The van der Waals surface area contributed by atoms with E-state index in [0.717, 1.165) is 12.8 Å².